The van der Waals surface area contributed by atoms with E-state index >= 15 is 0 Å². The minimum atomic E-state index is -1.89. The summed E-state index contributed by atoms with van der Waals surface area (Å²) in [5, 5.41) is 2.96. The predicted molar refractivity (Wildman–Crippen MR) is 118 cm³/mol. The Kier molecular flexibility index (Phi) is 5.62. The average Bonchev–Trinajstić information content (AvgIpc) is 2.75. The van der Waals surface area contributed by atoms with Crippen LogP contribution in [-0.2, 0) is 11.4 Å². The van der Waals surface area contributed by atoms with Crippen molar-refractivity contribution in [1.29, 1.82) is 0 Å². The summed E-state index contributed by atoms with van der Waals surface area (Å²) in [6.07, 6.45) is 3.69. The Hall–Kier alpha value is -2.70. The molecule has 1 N–H and O–H groups in total. The lowest BCUT2D eigenvalue weighted by molar-refractivity contribution is -0.137. The van der Waals surface area contributed by atoms with Crippen LogP contribution in [0.25, 0.3) is 0 Å². The Morgan fingerprint density at radius 1 is 1.29 bits per heavy atom. The maximum Gasteiger partial charge on any atom is 0.257 e. The summed E-state index contributed by atoms with van der Waals surface area (Å²) >= 11 is 0. The van der Waals surface area contributed by atoms with Crippen molar-refractivity contribution in [2.24, 2.45) is 11.3 Å². The number of alkyl halides is 1. The van der Waals surface area contributed by atoms with Crippen LogP contribution in [0.2, 0.25) is 0 Å². The van der Waals surface area contributed by atoms with E-state index in [0.29, 0.717) is 18.4 Å². The van der Waals surface area contributed by atoms with Crippen LogP contribution in [0.15, 0.2) is 42.6 Å². The summed E-state index contributed by atoms with van der Waals surface area (Å²) in [5.74, 6) is 0.877. The molecule has 4 rings (SSSR count). The molecule has 1 aliphatic carbocycles. The lowest BCUT2D eigenvalue weighted by Crippen LogP contribution is -2.75. The lowest BCUT2D eigenvalue weighted by Gasteiger charge is -2.64. The van der Waals surface area contributed by atoms with Crippen molar-refractivity contribution in [3.63, 3.8) is 0 Å². The molecule has 0 spiro atoms. The van der Waals surface area contributed by atoms with Gasteiger partial charge in [-0.1, -0.05) is 44.2 Å². The van der Waals surface area contributed by atoms with Gasteiger partial charge in [-0.3, -0.25) is 4.79 Å². The molecular weight excluding hydrogens is 395 g/mol. The standard InChI is InChI=1S/C24H31FN4O2/c1-23(2)19(28-21(30)24(3,4)25)17-11-8-14-29(20(17)23)22-26-13-12-18(27-22)31-15-16-9-6-5-7-10-16/h5-7,9-10,12-13,17,19-20H,8,11,14-15H2,1-4H3,(H,28,30). The van der Waals surface area contributed by atoms with Gasteiger partial charge in [0.25, 0.3) is 5.91 Å². The summed E-state index contributed by atoms with van der Waals surface area (Å²) in [6, 6.07) is 11.9. The summed E-state index contributed by atoms with van der Waals surface area (Å²) < 4.78 is 20.0. The number of benzene rings is 1. The number of piperidine rings is 1. The maximum atomic E-state index is 14.1. The highest BCUT2D eigenvalue weighted by molar-refractivity contribution is 5.84. The summed E-state index contributed by atoms with van der Waals surface area (Å²) in [7, 11) is 0. The number of amides is 1. The zero-order chi connectivity index (χ0) is 22.2. The number of ether oxygens (including phenoxy) is 1. The van der Waals surface area contributed by atoms with Crippen molar-refractivity contribution in [2.45, 2.75) is 64.9 Å². The topological polar surface area (TPSA) is 67.4 Å². The van der Waals surface area contributed by atoms with E-state index in [-0.39, 0.29) is 23.4 Å². The molecule has 0 bridgehead atoms. The van der Waals surface area contributed by atoms with E-state index in [1.807, 2.05) is 30.3 Å². The number of hydrogen-bond donors (Lipinski definition) is 1. The zero-order valence-electron chi connectivity index (χ0n) is 18.6. The molecule has 31 heavy (non-hydrogen) atoms. The SMILES string of the molecule is CC(C)(F)C(=O)NC1C2CCCN(c3nccc(OCc4ccccc4)n3)C2C1(C)C. The fourth-order valence-corrected chi connectivity index (χ4v) is 5.06. The number of nitrogens with zero attached hydrogens (tertiary/aromatic N) is 3. The average molecular weight is 427 g/mol. The largest absolute Gasteiger partial charge is 0.473 e. The van der Waals surface area contributed by atoms with Crippen molar-refractivity contribution >= 4 is 11.9 Å². The molecule has 1 aliphatic heterocycles. The highest BCUT2D eigenvalue weighted by Gasteiger charge is 2.61. The third-order valence-electron chi connectivity index (χ3n) is 6.60. The van der Waals surface area contributed by atoms with Gasteiger partial charge in [0.2, 0.25) is 11.8 Å². The van der Waals surface area contributed by atoms with Gasteiger partial charge < -0.3 is 15.0 Å². The van der Waals surface area contributed by atoms with Gasteiger partial charge in [-0.2, -0.15) is 4.98 Å². The Bertz CT molecular complexity index is 929. The first-order valence-corrected chi connectivity index (χ1v) is 10.9. The Morgan fingerprint density at radius 3 is 2.74 bits per heavy atom. The van der Waals surface area contributed by atoms with Crippen LogP contribution >= 0.6 is 0 Å². The van der Waals surface area contributed by atoms with Crippen LogP contribution in [-0.4, -0.2) is 40.2 Å². The van der Waals surface area contributed by atoms with Crippen LogP contribution in [0.4, 0.5) is 10.3 Å². The Labute approximate surface area is 183 Å². The molecule has 2 aliphatic rings. The fourth-order valence-electron chi connectivity index (χ4n) is 5.06. The van der Waals surface area contributed by atoms with Crippen LogP contribution < -0.4 is 15.0 Å². The summed E-state index contributed by atoms with van der Waals surface area (Å²) in [5.41, 5.74) is -1.03. The lowest BCUT2D eigenvalue weighted by atomic mass is 9.52. The minimum Gasteiger partial charge on any atom is -0.473 e. The molecule has 7 heteroatoms. The summed E-state index contributed by atoms with van der Waals surface area (Å²) in [4.78, 5) is 23.7. The van der Waals surface area contributed by atoms with Crippen LogP contribution in [0.5, 0.6) is 5.88 Å². The van der Waals surface area contributed by atoms with Gasteiger partial charge >= 0.3 is 0 Å². The molecule has 2 heterocycles. The molecule has 3 unspecified atom stereocenters. The quantitative estimate of drug-likeness (QED) is 0.759. The Balaban J connectivity index is 1.48. The molecule has 2 fully saturated rings. The molecular formula is C24H31FN4O2. The molecule has 1 saturated carbocycles. The van der Waals surface area contributed by atoms with Crippen LogP contribution in [0.1, 0.15) is 46.1 Å². The molecule has 0 radical (unpaired) electrons. The predicted octanol–water partition coefficient (Wildman–Crippen LogP) is 3.91. The molecule has 3 atom stereocenters. The van der Waals surface area contributed by atoms with Gasteiger partial charge in [-0.15, -0.1) is 0 Å². The Morgan fingerprint density at radius 2 is 2.03 bits per heavy atom. The zero-order valence-corrected chi connectivity index (χ0v) is 18.6. The monoisotopic (exact) mass is 426 g/mol. The molecule has 1 aromatic carbocycles. The van der Waals surface area contributed by atoms with E-state index in [1.165, 1.54) is 13.8 Å². The first-order valence-electron chi connectivity index (χ1n) is 10.9. The fraction of sp³-hybridized carbons (Fsp3) is 0.542. The number of rotatable bonds is 6. The molecule has 2 aromatic rings. The van der Waals surface area contributed by atoms with Crippen molar-refractivity contribution < 1.29 is 13.9 Å². The van der Waals surface area contributed by atoms with Crippen molar-refractivity contribution in [2.75, 3.05) is 11.4 Å². The smallest absolute Gasteiger partial charge is 0.257 e. The first-order chi connectivity index (χ1) is 14.7. The van der Waals surface area contributed by atoms with Gasteiger partial charge in [-0.05, 0) is 32.3 Å². The van der Waals surface area contributed by atoms with E-state index in [2.05, 4.69) is 34.0 Å². The second-order valence-electron chi connectivity index (χ2n) is 9.66. The van der Waals surface area contributed by atoms with Crippen LogP contribution in [0, 0.1) is 11.3 Å². The van der Waals surface area contributed by atoms with E-state index in [0.717, 1.165) is 24.9 Å². The highest BCUT2D eigenvalue weighted by Crippen LogP contribution is 2.53. The van der Waals surface area contributed by atoms with E-state index in [9.17, 15) is 9.18 Å². The second-order valence-corrected chi connectivity index (χ2v) is 9.66. The highest BCUT2D eigenvalue weighted by atomic mass is 19.1. The van der Waals surface area contributed by atoms with Gasteiger partial charge in [-0.25, -0.2) is 9.37 Å². The normalized spacial score (nSPS) is 24.7. The van der Waals surface area contributed by atoms with Gasteiger partial charge in [0, 0.05) is 42.2 Å². The number of fused-ring (bicyclic) bond motifs is 1. The molecule has 6 nitrogen and oxygen atoms in total. The minimum absolute atomic E-state index is 0.0691. The first kappa shape index (κ1) is 21.5. The third-order valence-corrected chi connectivity index (χ3v) is 6.60. The van der Waals surface area contributed by atoms with Crippen LogP contribution in [0.3, 0.4) is 0 Å². The van der Waals surface area contributed by atoms with Crippen molar-refractivity contribution in [3.8, 4) is 5.88 Å². The van der Waals surface area contributed by atoms with Gasteiger partial charge in [0.15, 0.2) is 5.67 Å². The van der Waals surface area contributed by atoms with E-state index in [4.69, 9.17) is 4.74 Å². The molecule has 1 aromatic heterocycles. The van der Waals surface area contributed by atoms with E-state index < -0.39 is 11.6 Å². The molecule has 1 amide bonds. The number of anilines is 1. The summed E-state index contributed by atoms with van der Waals surface area (Å²) in [6.45, 7) is 8.14. The van der Waals surface area contributed by atoms with E-state index in [1.54, 1.807) is 12.3 Å². The molecule has 166 valence electrons. The number of halogens is 1. The maximum absolute atomic E-state index is 14.1. The number of aromatic nitrogens is 2. The number of carbonyl (C=O) groups excluding carboxylic acids is 1. The van der Waals surface area contributed by atoms with Gasteiger partial charge in [0.1, 0.15) is 6.61 Å². The number of carbonyl (C=O) groups is 1. The second kappa shape index (κ2) is 8.09. The molecule has 1 saturated heterocycles. The number of hydrogen-bond acceptors (Lipinski definition) is 5. The van der Waals surface area contributed by atoms with Crippen molar-refractivity contribution in [3.05, 3.63) is 48.2 Å². The third kappa shape index (κ3) is 4.23. The number of nitrogens with one attached hydrogen (secondary N) is 1. The van der Waals surface area contributed by atoms with Crippen molar-refractivity contribution in [1.82, 2.24) is 15.3 Å². The van der Waals surface area contributed by atoms with Gasteiger partial charge in [0.05, 0.1) is 0 Å².